The molecule has 228 valence electrons. The van der Waals surface area contributed by atoms with E-state index >= 15 is 0 Å². The van der Waals surface area contributed by atoms with Gasteiger partial charge in [0.2, 0.25) is 23.5 Å². The first-order chi connectivity index (χ1) is 18.9. The Morgan fingerprint density at radius 3 is 2.20 bits per heavy atom. The molecule has 4 aliphatic rings. The summed E-state index contributed by atoms with van der Waals surface area (Å²) in [4.78, 5) is 80.2. The van der Waals surface area contributed by atoms with Crippen molar-refractivity contribution in [3.05, 3.63) is 0 Å². The number of likely N-dealkylation sites (tertiary alicyclic amines) is 2. The second-order valence-corrected chi connectivity index (χ2v) is 13.2. The van der Waals surface area contributed by atoms with E-state index in [1.165, 1.54) is 30.6 Å². The number of fused-ring (bicyclic) bond motifs is 1. The van der Waals surface area contributed by atoms with Crippen molar-refractivity contribution in [3.8, 4) is 0 Å². The molecule has 3 heterocycles. The molecular formula is C27H38F3N5O6. The van der Waals surface area contributed by atoms with Crippen LogP contribution in [0, 0.1) is 28.6 Å². The fourth-order valence-corrected chi connectivity index (χ4v) is 6.31. The fraction of sp³-hybridized carbons (Fsp3) is 0.778. The van der Waals surface area contributed by atoms with Gasteiger partial charge >= 0.3 is 12.1 Å². The van der Waals surface area contributed by atoms with E-state index < -0.39 is 65.0 Å². The number of amides is 5. The molecule has 3 aliphatic heterocycles. The van der Waals surface area contributed by atoms with Crippen molar-refractivity contribution in [2.75, 3.05) is 26.2 Å². The van der Waals surface area contributed by atoms with Gasteiger partial charge in [-0.3, -0.25) is 28.8 Å². The summed E-state index contributed by atoms with van der Waals surface area (Å²) in [6, 6.07) is -4.03. The van der Waals surface area contributed by atoms with Crippen molar-refractivity contribution in [3.63, 3.8) is 0 Å². The number of carbonyl (C=O) groups is 6. The van der Waals surface area contributed by atoms with Crippen molar-refractivity contribution >= 4 is 35.3 Å². The Morgan fingerprint density at radius 1 is 1.07 bits per heavy atom. The number of hydrogen-bond donors (Lipinski definition) is 3. The Bertz CT molecular complexity index is 1150. The summed E-state index contributed by atoms with van der Waals surface area (Å²) in [5.41, 5.74) is -1.48. The summed E-state index contributed by atoms with van der Waals surface area (Å²) in [6.07, 6.45) is -4.13. The SMILES string of the molecule is CC(C)(C)[C@H](NC(=O)C(F)(F)F)C(=O)N1C[C@H]2[C@@H]([C@H]1C(=O)N[C@@H](C[C@@H]1CCNC1=O)C(=O)C(=O)N1CCC1)C2(C)C. The van der Waals surface area contributed by atoms with Crippen LogP contribution in [0.15, 0.2) is 0 Å². The first-order valence-electron chi connectivity index (χ1n) is 13.9. The number of piperidine rings is 1. The van der Waals surface area contributed by atoms with E-state index in [1.54, 1.807) is 5.32 Å². The Morgan fingerprint density at radius 2 is 1.71 bits per heavy atom. The van der Waals surface area contributed by atoms with Gasteiger partial charge in [0.05, 0.1) is 6.04 Å². The zero-order valence-corrected chi connectivity index (χ0v) is 23.9. The molecule has 41 heavy (non-hydrogen) atoms. The largest absolute Gasteiger partial charge is 0.471 e. The Balaban J connectivity index is 1.59. The lowest BCUT2D eigenvalue weighted by Gasteiger charge is -2.38. The lowest BCUT2D eigenvalue weighted by Crippen LogP contribution is -2.61. The van der Waals surface area contributed by atoms with Crippen molar-refractivity contribution in [1.29, 1.82) is 0 Å². The fourth-order valence-electron chi connectivity index (χ4n) is 6.31. The third-order valence-electron chi connectivity index (χ3n) is 9.08. The molecule has 3 N–H and O–H groups in total. The molecule has 0 aromatic heterocycles. The minimum atomic E-state index is -5.21. The van der Waals surface area contributed by atoms with E-state index in [0.717, 1.165) is 6.42 Å². The van der Waals surface area contributed by atoms with Crippen LogP contribution >= 0.6 is 0 Å². The second kappa shape index (κ2) is 10.6. The molecule has 1 aliphatic carbocycles. The zero-order valence-electron chi connectivity index (χ0n) is 23.9. The predicted molar refractivity (Wildman–Crippen MR) is 138 cm³/mol. The van der Waals surface area contributed by atoms with Crippen LogP contribution < -0.4 is 16.0 Å². The molecule has 4 fully saturated rings. The van der Waals surface area contributed by atoms with E-state index in [-0.39, 0.29) is 36.1 Å². The van der Waals surface area contributed by atoms with Gasteiger partial charge in [-0.05, 0) is 41.9 Å². The minimum absolute atomic E-state index is 0.0827. The maximum absolute atomic E-state index is 13.8. The minimum Gasteiger partial charge on any atom is -0.356 e. The molecule has 4 rings (SSSR count). The molecule has 3 saturated heterocycles. The van der Waals surface area contributed by atoms with Crippen LogP contribution in [-0.4, -0.2) is 95.6 Å². The predicted octanol–water partition coefficient (Wildman–Crippen LogP) is 0.375. The van der Waals surface area contributed by atoms with Crippen LogP contribution in [-0.2, 0) is 28.8 Å². The molecule has 0 radical (unpaired) electrons. The molecule has 6 atom stereocenters. The number of carbonyl (C=O) groups excluding carboxylic acids is 6. The maximum Gasteiger partial charge on any atom is 0.471 e. The van der Waals surface area contributed by atoms with E-state index in [0.29, 0.717) is 26.1 Å². The van der Waals surface area contributed by atoms with Crippen molar-refractivity contribution in [2.45, 2.75) is 78.2 Å². The molecular weight excluding hydrogens is 547 g/mol. The van der Waals surface area contributed by atoms with E-state index in [2.05, 4.69) is 10.6 Å². The highest BCUT2D eigenvalue weighted by atomic mass is 19.4. The van der Waals surface area contributed by atoms with Crippen LogP contribution in [0.4, 0.5) is 13.2 Å². The smallest absolute Gasteiger partial charge is 0.356 e. The standard InChI is InChI=1S/C27H38F3N5O6/c1-25(2,3)19(33-24(41)27(28,29)30)23(40)35-12-14-16(26(14,4)5)17(35)21(38)32-15(11-13-7-8-31-20(13)37)18(36)22(39)34-9-6-10-34/h13-17,19H,6-12H2,1-5H3,(H,31,37)(H,32,38)(H,33,41)/t13-,14-,15-,16-,17-,19+/m0/s1. The normalized spacial score (nSPS) is 28.1. The van der Waals surface area contributed by atoms with E-state index in [1.807, 2.05) is 13.8 Å². The number of nitrogens with one attached hydrogen (secondary N) is 3. The lowest BCUT2D eigenvalue weighted by atomic mass is 9.85. The summed E-state index contributed by atoms with van der Waals surface area (Å²) in [6.45, 7) is 9.65. The second-order valence-electron chi connectivity index (χ2n) is 13.2. The van der Waals surface area contributed by atoms with E-state index in [4.69, 9.17) is 0 Å². The van der Waals surface area contributed by atoms with Gasteiger partial charge in [-0.15, -0.1) is 0 Å². The van der Waals surface area contributed by atoms with Gasteiger partial charge < -0.3 is 25.8 Å². The summed E-state index contributed by atoms with van der Waals surface area (Å²) in [7, 11) is 0. The monoisotopic (exact) mass is 585 g/mol. The molecule has 0 bridgehead atoms. The first-order valence-corrected chi connectivity index (χ1v) is 13.9. The van der Waals surface area contributed by atoms with Crippen LogP contribution in [0.1, 0.15) is 53.9 Å². The Labute approximate surface area is 236 Å². The summed E-state index contributed by atoms with van der Waals surface area (Å²) in [5, 5.41) is 7.11. The van der Waals surface area contributed by atoms with Gasteiger partial charge in [0.25, 0.3) is 5.91 Å². The first kappa shape index (κ1) is 30.8. The van der Waals surface area contributed by atoms with Gasteiger partial charge in [-0.25, -0.2) is 0 Å². The average Bonchev–Trinajstić information content (AvgIpc) is 3.16. The Hall–Kier alpha value is -3.19. The van der Waals surface area contributed by atoms with Crippen LogP contribution in [0.2, 0.25) is 0 Å². The third-order valence-corrected chi connectivity index (χ3v) is 9.08. The highest BCUT2D eigenvalue weighted by Crippen LogP contribution is 2.65. The summed E-state index contributed by atoms with van der Waals surface area (Å²) >= 11 is 0. The molecule has 0 unspecified atom stereocenters. The number of Topliss-reactive ketones (excluding diaryl/α,β-unsaturated/α-hetero) is 1. The molecule has 1 saturated carbocycles. The number of hydrogen-bond acceptors (Lipinski definition) is 6. The van der Waals surface area contributed by atoms with Crippen LogP contribution in [0.3, 0.4) is 0 Å². The summed E-state index contributed by atoms with van der Waals surface area (Å²) in [5.74, 6) is -6.79. The average molecular weight is 586 g/mol. The third kappa shape index (κ3) is 5.92. The number of nitrogens with zero attached hydrogens (tertiary/aromatic N) is 2. The highest BCUT2D eigenvalue weighted by Gasteiger charge is 2.70. The number of alkyl halides is 3. The topological polar surface area (TPSA) is 145 Å². The Kier molecular flexibility index (Phi) is 7.93. The summed E-state index contributed by atoms with van der Waals surface area (Å²) < 4.78 is 39.3. The van der Waals surface area contributed by atoms with E-state index in [9.17, 15) is 41.9 Å². The maximum atomic E-state index is 13.8. The van der Waals surface area contributed by atoms with Gasteiger partial charge in [0, 0.05) is 32.1 Å². The van der Waals surface area contributed by atoms with Gasteiger partial charge in [0.15, 0.2) is 0 Å². The number of halogens is 3. The molecule has 0 aromatic carbocycles. The molecule has 0 aromatic rings. The molecule has 0 spiro atoms. The van der Waals surface area contributed by atoms with Crippen LogP contribution in [0.5, 0.6) is 0 Å². The quantitative estimate of drug-likeness (QED) is 0.351. The molecule has 5 amide bonds. The van der Waals surface area contributed by atoms with Crippen molar-refractivity contribution < 1.29 is 41.9 Å². The van der Waals surface area contributed by atoms with Crippen molar-refractivity contribution in [1.82, 2.24) is 25.8 Å². The van der Waals surface area contributed by atoms with Gasteiger partial charge in [-0.1, -0.05) is 34.6 Å². The number of ketones is 1. The van der Waals surface area contributed by atoms with Gasteiger partial charge in [0.1, 0.15) is 12.1 Å². The van der Waals surface area contributed by atoms with Crippen molar-refractivity contribution in [2.24, 2.45) is 28.6 Å². The lowest BCUT2D eigenvalue weighted by molar-refractivity contribution is -0.176. The zero-order chi connectivity index (χ0) is 30.7. The molecule has 11 nitrogen and oxygen atoms in total. The number of rotatable bonds is 8. The van der Waals surface area contributed by atoms with Gasteiger partial charge in [-0.2, -0.15) is 13.2 Å². The van der Waals surface area contributed by atoms with Crippen LogP contribution in [0.25, 0.3) is 0 Å². The molecule has 14 heteroatoms. The highest BCUT2D eigenvalue weighted by molar-refractivity contribution is 6.38.